The predicted octanol–water partition coefficient (Wildman–Crippen LogP) is 5.56. The minimum atomic E-state index is -0.552. The lowest BCUT2D eigenvalue weighted by atomic mass is 10.0. The van der Waals surface area contributed by atoms with E-state index in [1.807, 2.05) is 24.4 Å². The number of pyridine rings is 1. The van der Waals surface area contributed by atoms with Crippen molar-refractivity contribution in [3.05, 3.63) is 53.3 Å². The molecule has 188 valence electrons. The molecule has 1 aliphatic heterocycles. The number of anilines is 5. The molecule has 0 unspecified atom stereocenters. The number of aryl methyl sites for hydroxylation is 1. The molecule has 4 aromatic rings. The van der Waals surface area contributed by atoms with Gasteiger partial charge >= 0.3 is 0 Å². The van der Waals surface area contributed by atoms with E-state index in [0.29, 0.717) is 23.6 Å². The van der Waals surface area contributed by atoms with Crippen molar-refractivity contribution in [2.45, 2.75) is 25.8 Å². The maximum absolute atomic E-state index is 13.7. The summed E-state index contributed by atoms with van der Waals surface area (Å²) in [4.78, 5) is 18.8. The maximum atomic E-state index is 13.7. The van der Waals surface area contributed by atoms with Gasteiger partial charge in [0.25, 0.3) is 0 Å². The summed E-state index contributed by atoms with van der Waals surface area (Å²) >= 11 is 1.54. The van der Waals surface area contributed by atoms with Gasteiger partial charge in [-0.1, -0.05) is 6.07 Å². The van der Waals surface area contributed by atoms with Crippen LogP contribution in [0, 0.1) is 12.9 Å². The van der Waals surface area contributed by atoms with Gasteiger partial charge in [0.15, 0.2) is 0 Å². The number of thiophene rings is 1. The summed E-state index contributed by atoms with van der Waals surface area (Å²) in [5.41, 5.74) is 2.95. The summed E-state index contributed by atoms with van der Waals surface area (Å²) in [5.74, 6) is 1.65. The molecule has 10 heteroatoms. The van der Waals surface area contributed by atoms with E-state index in [4.69, 9.17) is 14.7 Å². The van der Waals surface area contributed by atoms with Crippen molar-refractivity contribution in [3.63, 3.8) is 0 Å². The Morgan fingerprint density at radius 1 is 1.08 bits per heavy atom. The Labute approximate surface area is 214 Å². The van der Waals surface area contributed by atoms with Crippen molar-refractivity contribution < 1.29 is 9.13 Å². The van der Waals surface area contributed by atoms with Crippen LogP contribution < -0.4 is 20.3 Å². The first-order chi connectivity index (χ1) is 17.4. The molecule has 1 aromatic carbocycles. The monoisotopic (exact) mass is 507 g/mol. The molecule has 8 nitrogen and oxygen atoms in total. The molecule has 1 aliphatic rings. The summed E-state index contributed by atoms with van der Waals surface area (Å²) in [6.45, 7) is 3.99. The second-order valence-electron chi connectivity index (χ2n) is 9.16. The van der Waals surface area contributed by atoms with Gasteiger partial charge in [-0.25, -0.2) is 9.97 Å². The quantitative estimate of drug-likeness (QED) is 0.315. The molecular formula is C26H30FN7OS. The zero-order valence-electron chi connectivity index (χ0n) is 20.9. The topological polar surface area (TPSA) is 78.4 Å². The van der Waals surface area contributed by atoms with E-state index in [9.17, 15) is 4.39 Å². The Bertz CT molecular complexity index is 1370. The van der Waals surface area contributed by atoms with E-state index in [1.165, 1.54) is 17.4 Å². The van der Waals surface area contributed by atoms with Gasteiger partial charge in [-0.3, -0.25) is 0 Å². The molecule has 1 fully saturated rings. The lowest BCUT2D eigenvalue weighted by molar-refractivity contribution is 0.249. The van der Waals surface area contributed by atoms with Crippen molar-refractivity contribution in [2.75, 3.05) is 49.8 Å². The number of ether oxygens (including phenoxy) is 1. The average molecular weight is 508 g/mol. The fourth-order valence-corrected chi connectivity index (χ4v) is 5.52. The van der Waals surface area contributed by atoms with Crippen molar-refractivity contribution in [1.29, 1.82) is 0 Å². The van der Waals surface area contributed by atoms with Crippen LogP contribution in [0.25, 0.3) is 10.2 Å². The van der Waals surface area contributed by atoms with Crippen LogP contribution in [0.4, 0.5) is 33.3 Å². The number of piperidine rings is 1. The van der Waals surface area contributed by atoms with E-state index in [-0.39, 0.29) is 0 Å². The molecule has 0 spiro atoms. The Balaban J connectivity index is 1.40. The highest BCUT2D eigenvalue weighted by atomic mass is 32.1. The largest absolute Gasteiger partial charge is 0.495 e. The number of benzene rings is 1. The number of methoxy groups -OCH3 is 1. The molecule has 0 amide bonds. The van der Waals surface area contributed by atoms with Gasteiger partial charge in [-0.15, -0.1) is 11.3 Å². The first kappa shape index (κ1) is 24.2. The van der Waals surface area contributed by atoms with Crippen LogP contribution in [0.2, 0.25) is 0 Å². The van der Waals surface area contributed by atoms with Crippen LogP contribution >= 0.6 is 11.3 Å². The summed E-state index contributed by atoms with van der Waals surface area (Å²) in [7, 11) is 5.99. The summed E-state index contributed by atoms with van der Waals surface area (Å²) in [6, 6.07) is 11.3. The van der Waals surface area contributed by atoms with Gasteiger partial charge in [0.05, 0.1) is 18.2 Å². The first-order valence-corrected chi connectivity index (χ1v) is 12.8. The number of aromatic nitrogens is 3. The SMILES string of the molecule is COc1cc(Nc2nc(Nc3cccc(F)n3)c3c(C)csc3n2)ccc1N1CCC(N(C)C)CC1. The third-order valence-corrected chi connectivity index (χ3v) is 7.54. The lowest BCUT2D eigenvalue weighted by Crippen LogP contribution is -2.42. The van der Waals surface area contributed by atoms with Gasteiger partial charge in [-0.2, -0.15) is 9.37 Å². The van der Waals surface area contributed by atoms with E-state index in [0.717, 1.165) is 58.8 Å². The number of hydrogen-bond acceptors (Lipinski definition) is 9. The molecular weight excluding hydrogens is 477 g/mol. The molecule has 5 rings (SSSR count). The zero-order valence-corrected chi connectivity index (χ0v) is 21.7. The van der Waals surface area contributed by atoms with Crippen LogP contribution in [0.5, 0.6) is 5.75 Å². The molecule has 4 heterocycles. The van der Waals surface area contributed by atoms with Crippen molar-refractivity contribution in [3.8, 4) is 5.75 Å². The minimum Gasteiger partial charge on any atom is -0.495 e. The number of fused-ring (bicyclic) bond motifs is 1. The standard InChI is InChI=1S/C26H30FN7OS/c1-16-15-36-25-23(16)24(30-22-7-5-6-21(27)29-22)31-26(32-25)28-17-8-9-19(20(14-17)35-4)34-12-10-18(11-13-34)33(2)3/h5-9,14-15,18H,10-13H2,1-4H3,(H2,28,29,30,31,32). The van der Waals surface area contributed by atoms with E-state index in [2.05, 4.69) is 45.6 Å². The molecule has 0 bridgehead atoms. The second kappa shape index (κ2) is 10.2. The molecule has 3 aromatic heterocycles. The van der Waals surface area contributed by atoms with Gasteiger partial charge in [0, 0.05) is 30.9 Å². The van der Waals surface area contributed by atoms with E-state index >= 15 is 0 Å². The fraction of sp³-hybridized carbons (Fsp3) is 0.346. The minimum absolute atomic E-state index is 0.385. The number of nitrogens with one attached hydrogen (secondary N) is 2. The highest BCUT2D eigenvalue weighted by Crippen LogP contribution is 2.36. The number of halogens is 1. The fourth-order valence-electron chi connectivity index (χ4n) is 4.60. The Morgan fingerprint density at radius 2 is 1.89 bits per heavy atom. The normalized spacial score (nSPS) is 14.4. The average Bonchev–Trinajstić information content (AvgIpc) is 3.24. The van der Waals surface area contributed by atoms with Crippen LogP contribution in [-0.2, 0) is 0 Å². The third-order valence-electron chi connectivity index (χ3n) is 6.55. The Hall–Kier alpha value is -3.50. The number of hydrogen-bond donors (Lipinski definition) is 2. The molecule has 0 aliphatic carbocycles. The highest BCUT2D eigenvalue weighted by molar-refractivity contribution is 7.17. The molecule has 2 N–H and O–H groups in total. The first-order valence-electron chi connectivity index (χ1n) is 11.9. The summed E-state index contributed by atoms with van der Waals surface area (Å²) in [5, 5.41) is 9.40. The van der Waals surface area contributed by atoms with Crippen molar-refractivity contribution in [1.82, 2.24) is 19.9 Å². The highest BCUT2D eigenvalue weighted by Gasteiger charge is 2.23. The summed E-state index contributed by atoms with van der Waals surface area (Å²) in [6.07, 6.45) is 2.25. The third kappa shape index (κ3) is 5.05. The van der Waals surface area contributed by atoms with E-state index < -0.39 is 5.95 Å². The molecule has 0 radical (unpaired) electrons. The lowest BCUT2D eigenvalue weighted by Gasteiger charge is -2.37. The summed E-state index contributed by atoms with van der Waals surface area (Å²) < 4.78 is 19.4. The van der Waals surface area contributed by atoms with Crippen LogP contribution in [0.3, 0.4) is 0 Å². The van der Waals surface area contributed by atoms with E-state index in [1.54, 1.807) is 19.2 Å². The Kier molecular flexibility index (Phi) is 6.88. The van der Waals surface area contributed by atoms with Crippen molar-refractivity contribution in [2.24, 2.45) is 0 Å². The molecule has 0 atom stereocenters. The van der Waals surface area contributed by atoms with Gasteiger partial charge in [0.2, 0.25) is 11.9 Å². The number of nitrogens with zero attached hydrogens (tertiary/aromatic N) is 5. The van der Waals surface area contributed by atoms with Crippen molar-refractivity contribution >= 4 is 50.5 Å². The molecule has 1 saturated heterocycles. The van der Waals surface area contributed by atoms with Crippen LogP contribution in [0.1, 0.15) is 18.4 Å². The second-order valence-corrected chi connectivity index (χ2v) is 10.0. The predicted molar refractivity (Wildman–Crippen MR) is 145 cm³/mol. The Morgan fingerprint density at radius 3 is 2.61 bits per heavy atom. The zero-order chi connectivity index (χ0) is 25.2. The molecule has 0 saturated carbocycles. The van der Waals surface area contributed by atoms with Crippen LogP contribution in [-0.4, -0.2) is 60.2 Å². The smallest absolute Gasteiger partial charge is 0.230 e. The van der Waals surface area contributed by atoms with Gasteiger partial charge < -0.3 is 25.2 Å². The number of rotatable bonds is 7. The van der Waals surface area contributed by atoms with Gasteiger partial charge in [-0.05, 0) is 69.1 Å². The maximum Gasteiger partial charge on any atom is 0.230 e. The van der Waals surface area contributed by atoms with Crippen LogP contribution in [0.15, 0.2) is 41.8 Å². The van der Waals surface area contributed by atoms with Gasteiger partial charge in [0.1, 0.15) is 22.2 Å². The molecule has 36 heavy (non-hydrogen) atoms.